The van der Waals surface area contributed by atoms with Crippen molar-refractivity contribution >= 4 is 28.4 Å². The summed E-state index contributed by atoms with van der Waals surface area (Å²) in [5.41, 5.74) is 0.115. The van der Waals surface area contributed by atoms with Gasteiger partial charge in [-0.3, -0.25) is 4.79 Å². The van der Waals surface area contributed by atoms with Crippen LogP contribution in [0.25, 0.3) is 10.9 Å². The van der Waals surface area contributed by atoms with Crippen LogP contribution in [0.1, 0.15) is 49.7 Å². The van der Waals surface area contributed by atoms with Crippen LogP contribution in [0.3, 0.4) is 0 Å². The molecule has 0 unspecified atom stereocenters. The maximum Gasteiger partial charge on any atom is 0.266 e. The van der Waals surface area contributed by atoms with Crippen LogP contribution in [0.2, 0.25) is 0 Å². The summed E-state index contributed by atoms with van der Waals surface area (Å²) in [7, 11) is 0. The van der Waals surface area contributed by atoms with E-state index in [1.807, 2.05) is 6.07 Å². The molecule has 0 aliphatic carbocycles. The highest BCUT2D eigenvalue weighted by atomic mass is 19.3. The number of amides is 1. The summed E-state index contributed by atoms with van der Waals surface area (Å²) in [6, 6.07) is 5.27. The van der Waals surface area contributed by atoms with Gasteiger partial charge in [-0.05, 0) is 26.3 Å². The highest BCUT2D eigenvalue weighted by Crippen LogP contribution is 2.31. The molecule has 3 aromatic rings. The highest BCUT2D eigenvalue weighted by molar-refractivity contribution is 5.90. The molecular weight excluding hydrogens is 433 g/mol. The second-order valence-corrected chi connectivity index (χ2v) is 8.23. The quantitative estimate of drug-likeness (QED) is 0.573. The molecule has 174 valence electrons. The zero-order valence-corrected chi connectivity index (χ0v) is 18.6. The Kier molecular flexibility index (Phi) is 6.35. The third-order valence-corrected chi connectivity index (χ3v) is 5.71. The van der Waals surface area contributed by atoms with Crippen LogP contribution in [-0.2, 0) is 4.79 Å². The summed E-state index contributed by atoms with van der Waals surface area (Å²) < 4.78 is 40.9. The van der Waals surface area contributed by atoms with Crippen LogP contribution in [0.15, 0.2) is 30.5 Å². The van der Waals surface area contributed by atoms with Crippen molar-refractivity contribution in [2.24, 2.45) is 0 Å². The lowest BCUT2D eigenvalue weighted by atomic mass is 10.0. The molecular formula is C23H25F3N6O. The number of hydrogen-bond acceptors (Lipinski definition) is 6. The minimum Gasteiger partial charge on any atom is -0.363 e. The molecule has 0 radical (unpaired) electrons. The second kappa shape index (κ2) is 9.21. The monoisotopic (exact) mass is 458 g/mol. The first kappa shape index (κ1) is 22.8. The maximum atomic E-state index is 14.7. The molecule has 4 rings (SSSR count). The van der Waals surface area contributed by atoms with Gasteiger partial charge in [0, 0.05) is 37.0 Å². The number of nitrogens with one attached hydrogen (secondary N) is 2. The third-order valence-electron chi connectivity index (χ3n) is 5.71. The van der Waals surface area contributed by atoms with E-state index in [9.17, 15) is 18.0 Å². The molecule has 1 aliphatic heterocycles. The number of carbonyl (C=O) groups excluding carboxylic acids is 1. The number of aromatic nitrogens is 3. The van der Waals surface area contributed by atoms with Gasteiger partial charge in [-0.2, -0.15) is 0 Å². The molecule has 1 fully saturated rings. The van der Waals surface area contributed by atoms with Crippen LogP contribution in [0.4, 0.5) is 24.8 Å². The number of fused-ring (bicyclic) bond motifs is 1. The summed E-state index contributed by atoms with van der Waals surface area (Å²) in [4.78, 5) is 26.9. The zero-order chi connectivity index (χ0) is 23.7. The normalized spacial score (nSPS) is 16.9. The molecule has 2 N–H and O–H groups in total. The lowest BCUT2D eigenvalue weighted by Gasteiger charge is -2.20. The number of aryl methyl sites for hydroxylation is 1. The summed E-state index contributed by atoms with van der Waals surface area (Å²) in [5.74, 6) is 0.685. The van der Waals surface area contributed by atoms with Crippen molar-refractivity contribution in [2.45, 2.75) is 45.7 Å². The van der Waals surface area contributed by atoms with Gasteiger partial charge in [0.2, 0.25) is 5.91 Å². The molecule has 0 saturated carbocycles. The van der Waals surface area contributed by atoms with Gasteiger partial charge in [-0.15, -0.1) is 0 Å². The fraction of sp³-hybridized carbons (Fsp3) is 0.391. The maximum absolute atomic E-state index is 14.7. The number of halogens is 3. The number of rotatable bonds is 6. The molecule has 33 heavy (non-hydrogen) atoms. The minimum atomic E-state index is -2.89. The number of alkyl halides is 2. The molecule has 7 nitrogen and oxygen atoms in total. The van der Waals surface area contributed by atoms with Gasteiger partial charge in [-0.25, -0.2) is 28.1 Å². The number of nitrogens with zero attached hydrogens (tertiary/aromatic N) is 4. The van der Waals surface area contributed by atoms with Gasteiger partial charge in [0.25, 0.3) is 6.43 Å². The molecule has 0 bridgehead atoms. The van der Waals surface area contributed by atoms with Crippen molar-refractivity contribution in [1.82, 2.24) is 20.3 Å². The average molecular weight is 458 g/mol. The predicted octanol–water partition coefficient (Wildman–Crippen LogP) is 4.30. The fourth-order valence-electron chi connectivity index (χ4n) is 4.15. The molecule has 1 aromatic carbocycles. The van der Waals surface area contributed by atoms with E-state index in [0.717, 1.165) is 19.0 Å². The Balaban J connectivity index is 1.64. The first-order valence-electron chi connectivity index (χ1n) is 10.7. The Morgan fingerprint density at radius 1 is 1.24 bits per heavy atom. The Morgan fingerprint density at radius 2 is 2.00 bits per heavy atom. The van der Waals surface area contributed by atoms with Crippen LogP contribution in [0, 0.1) is 12.7 Å². The number of carbonyl (C=O) groups is 1. The van der Waals surface area contributed by atoms with Crippen molar-refractivity contribution in [3.63, 3.8) is 0 Å². The number of benzene rings is 1. The van der Waals surface area contributed by atoms with Crippen molar-refractivity contribution in [2.75, 3.05) is 23.3 Å². The van der Waals surface area contributed by atoms with E-state index < -0.39 is 23.8 Å². The van der Waals surface area contributed by atoms with Crippen molar-refractivity contribution in [3.05, 3.63) is 53.2 Å². The first-order valence-corrected chi connectivity index (χ1v) is 10.7. The molecule has 1 saturated heterocycles. The van der Waals surface area contributed by atoms with Crippen molar-refractivity contribution in [1.29, 1.82) is 0 Å². The molecule has 10 heteroatoms. The molecule has 2 aromatic heterocycles. The summed E-state index contributed by atoms with van der Waals surface area (Å²) in [6.45, 7) is 6.29. The van der Waals surface area contributed by atoms with Gasteiger partial charge in [0.05, 0.1) is 23.3 Å². The Bertz CT molecular complexity index is 1190. The largest absolute Gasteiger partial charge is 0.363 e. The van der Waals surface area contributed by atoms with Gasteiger partial charge in [0.15, 0.2) is 0 Å². The Hall–Kier alpha value is -3.43. The molecule has 3 heterocycles. The average Bonchev–Trinajstić information content (AvgIpc) is 3.21. The van der Waals surface area contributed by atoms with E-state index >= 15 is 0 Å². The van der Waals surface area contributed by atoms with Crippen molar-refractivity contribution < 1.29 is 18.0 Å². The Labute approximate surface area is 189 Å². The lowest BCUT2D eigenvalue weighted by Crippen LogP contribution is -2.35. The molecule has 2 atom stereocenters. The zero-order valence-electron chi connectivity index (χ0n) is 18.6. The minimum absolute atomic E-state index is 0.0527. The number of pyridine rings is 1. The van der Waals surface area contributed by atoms with E-state index in [-0.39, 0.29) is 17.5 Å². The third kappa shape index (κ3) is 4.84. The number of hydrogen-bond donors (Lipinski definition) is 2. The molecule has 0 spiro atoms. The summed E-state index contributed by atoms with van der Waals surface area (Å²) in [6.07, 6.45) is -0.431. The van der Waals surface area contributed by atoms with E-state index in [2.05, 4.69) is 30.5 Å². The van der Waals surface area contributed by atoms with E-state index in [0.29, 0.717) is 34.9 Å². The lowest BCUT2D eigenvalue weighted by molar-refractivity contribution is -0.119. The predicted molar refractivity (Wildman–Crippen MR) is 120 cm³/mol. The molecule has 1 aliphatic rings. The van der Waals surface area contributed by atoms with Gasteiger partial charge >= 0.3 is 0 Å². The van der Waals surface area contributed by atoms with Gasteiger partial charge < -0.3 is 15.5 Å². The molecule has 1 amide bonds. The van der Waals surface area contributed by atoms with Gasteiger partial charge in [-0.1, -0.05) is 18.2 Å². The standard InChI is InChI=1S/C23H25F3N6O/c1-12(16-5-4-6-17(21(16)24)22(25)26)28-23-18-9-20(27-10-19(18)29-13(2)30-23)32-8-7-15(11-32)31-14(3)33/h4-6,9-10,12,15,22H,7-8,11H2,1-3H3,(H,31,33)(H,28,29,30)/t12-,15+/m1/s1. The van der Waals surface area contributed by atoms with Gasteiger partial charge in [0.1, 0.15) is 23.3 Å². The van der Waals surface area contributed by atoms with Crippen LogP contribution < -0.4 is 15.5 Å². The van der Waals surface area contributed by atoms with E-state index in [1.165, 1.54) is 19.1 Å². The summed E-state index contributed by atoms with van der Waals surface area (Å²) >= 11 is 0. The summed E-state index contributed by atoms with van der Waals surface area (Å²) in [5, 5.41) is 6.77. The topological polar surface area (TPSA) is 83.0 Å². The second-order valence-electron chi connectivity index (χ2n) is 8.23. The van der Waals surface area contributed by atoms with E-state index in [1.54, 1.807) is 20.0 Å². The van der Waals surface area contributed by atoms with E-state index in [4.69, 9.17) is 0 Å². The van der Waals surface area contributed by atoms with Crippen LogP contribution in [-0.4, -0.2) is 40.0 Å². The Morgan fingerprint density at radius 3 is 2.73 bits per heavy atom. The van der Waals surface area contributed by atoms with Crippen LogP contribution in [0.5, 0.6) is 0 Å². The SMILES string of the molecule is CC(=O)N[C@H]1CCN(c2cc3c(N[C@H](C)c4cccc(C(F)F)c4F)nc(C)nc3cn2)C1. The fourth-order valence-corrected chi connectivity index (χ4v) is 4.15. The highest BCUT2D eigenvalue weighted by Gasteiger charge is 2.25. The number of anilines is 2. The van der Waals surface area contributed by atoms with Crippen molar-refractivity contribution in [3.8, 4) is 0 Å². The first-order chi connectivity index (χ1) is 15.7. The smallest absolute Gasteiger partial charge is 0.266 e. The van der Waals surface area contributed by atoms with Crippen LogP contribution >= 0.6 is 0 Å².